The standard InChI is InChI=1S/C12H10O6.C10H12O4.C9H10O4.C6H6O2/c13-8-3-1-6(2-4-9(14)15)10-7(12(16)17)5-18-11(8)10;1-14-10(13)5-3-7-2-4-8(11)9(12)6-7;10-7-3-1-6(5-8(7)11)2-4-9(12)13;7-5-3-1-2-4-6(5)8/h1-4,7,13H,5H2,(H,14,15)(H,16,17);2,4,6,11-12H,3,5H2,1H3;1,3,5,10-11H,2,4H2,(H,12,13);1-4,7-8H/b4-2+;;;. The molecular weight excluding hydrogens is 700 g/mol. The van der Waals surface area contributed by atoms with Crippen LogP contribution in [0.5, 0.6) is 46.0 Å². The summed E-state index contributed by atoms with van der Waals surface area (Å²) < 4.78 is 9.61. The molecule has 10 N–H and O–H groups in total. The Balaban J connectivity index is 0.000000253. The molecule has 0 radical (unpaired) electrons. The molecule has 282 valence electrons. The van der Waals surface area contributed by atoms with Crippen LogP contribution in [0.25, 0.3) is 6.08 Å². The van der Waals surface area contributed by atoms with Gasteiger partial charge in [-0.15, -0.1) is 0 Å². The number of carboxylic acids is 3. The molecule has 0 saturated carbocycles. The van der Waals surface area contributed by atoms with Crippen LogP contribution in [0.3, 0.4) is 0 Å². The van der Waals surface area contributed by atoms with Gasteiger partial charge in [-0.25, -0.2) is 4.79 Å². The quantitative estimate of drug-likeness (QED) is 0.0644. The maximum atomic E-state index is 11.1. The van der Waals surface area contributed by atoms with Crippen LogP contribution >= 0.6 is 0 Å². The van der Waals surface area contributed by atoms with E-state index in [0.29, 0.717) is 29.5 Å². The van der Waals surface area contributed by atoms with Crippen LogP contribution in [-0.4, -0.2) is 88.7 Å². The van der Waals surface area contributed by atoms with E-state index in [2.05, 4.69) is 4.74 Å². The number of benzene rings is 4. The Hall–Kier alpha value is -7.10. The number of aliphatic carboxylic acids is 3. The Bertz CT molecular complexity index is 1900. The van der Waals surface area contributed by atoms with E-state index in [9.17, 15) is 24.3 Å². The minimum absolute atomic E-state index is 0.0181. The molecule has 0 fully saturated rings. The monoisotopic (exact) mass is 738 g/mol. The lowest BCUT2D eigenvalue weighted by Gasteiger charge is -2.07. The van der Waals surface area contributed by atoms with E-state index in [-0.39, 0.29) is 71.4 Å². The number of para-hydroxylation sites is 2. The summed E-state index contributed by atoms with van der Waals surface area (Å²) in [5.74, 6) is -5.24. The van der Waals surface area contributed by atoms with Crippen LogP contribution in [0.1, 0.15) is 41.0 Å². The van der Waals surface area contributed by atoms with Crippen molar-refractivity contribution in [2.45, 2.75) is 31.6 Å². The zero-order chi connectivity index (χ0) is 39.7. The van der Waals surface area contributed by atoms with Crippen LogP contribution in [0, 0.1) is 0 Å². The number of ether oxygens (including phenoxy) is 2. The van der Waals surface area contributed by atoms with Gasteiger partial charge in [0, 0.05) is 24.5 Å². The molecule has 0 aliphatic carbocycles. The highest BCUT2D eigenvalue weighted by Crippen LogP contribution is 2.43. The Morgan fingerprint density at radius 3 is 1.60 bits per heavy atom. The molecule has 4 aromatic carbocycles. The third kappa shape index (κ3) is 14.0. The van der Waals surface area contributed by atoms with Gasteiger partial charge in [-0.3, -0.25) is 14.4 Å². The first-order valence-electron chi connectivity index (χ1n) is 15.4. The minimum Gasteiger partial charge on any atom is -0.504 e. The van der Waals surface area contributed by atoms with Gasteiger partial charge in [0.25, 0.3) is 0 Å². The van der Waals surface area contributed by atoms with Crippen molar-refractivity contribution in [2.75, 3.05) is 13.7 Å². The van der Waals surface area contributed by atoms with Crippen molar-refractivity contribution in [2.24, 2.45) is 0 Å². The summed E-state index contributed by atoms with van der Waals surface area (Å²) in [4.78, 5) is 42.6. The lowest BCUT2D eigenvalue weighted by atomic mass is 9.95. The summed E-state index contributed by atoms with van der Waals surface area (Å²) in [6.45, 7) is -0.0733. The molecule has 53 heavy (non-hydrogen) atoms. The Morgan fingerprint density at radius 2 is 1.17 bits per heavy atom. The van der Waals surface area contributed by atoms with Crippen molar-refractivity contribution in [1.29, 1.82) is 0 Å². The number of aromatic hydroxyl groups is 7. The van der Waals surface area contributed by atoms with Crippen molar-refractivity contribution >= 4 is 30.0 Å². The predicted molar refractivity (Wildman–Crippen MR) is 186 cm³/mol. The molecule has 16 nitrogen and oxygen atoms in total. The summed E-state index contributed by atoms with van der Waals surface area (Å²) in [7, 11) is 1.33. The Morgan fingerprint density at radius 1 is 0.679 bits per heavy atom. The summed E-state index contributed by atoms with van der Waals surface area (Å²) in [6.07, 6.45) is 3.31. The highest BCUT2D eigenvalue weighted by atomic mass is 16.5. The fourth-order valence-electron chi connectivity index (χ4n) is 4.38. The minimum atomic E-state index is -1.14. The number of fused-ring (bicyclic) bond motifs is 1. The maximum Gasteiger partial charge on any atom is 0.328 e. The zero-order valence-corrected chi connectivity index (χ0v) is 28.1. The van der Waals surface area contributed by atoms with Crippen molar-refractivity contribution in [3.8, 4) is 46.0 Å². The number of carboxylic acid groups (broad SMARTS) is 3. The van der Waals surface area contributed by atoms with Crippen molar-refractivity contribution < 1.29 is 79.7 Å². The fraction of sp³-hybridized carbons (Fsp3) is 0.189. The summed E-state index contributed by atoms with van der Waals surface area (Å²) in [5, 5.41) is 89.1. The molecule has 4 aromatic rings. The number of phenols is 7. The molecule has 1 heterocycles. The molecule has 0 aromatic heterocycles. The number of esters is 1. The number of phenolic OH excluding ortho intramolecular Hbond substituents is 7. The first-order chi connectivity index (χ1) is 25.0. The topological polar surface area (TPSA) is 289 Å². The average molecular weight is 739 g/mol. The number of carbonyl (C=O) groups is 4. The average Bonchev–Trinajstić information content (AvgIpc) is 3.58. The van der Waals surface area contributed by atoms with Gasteiger partial charge in [0.05, 0.1) is 7.11 Å². The van der Waals surface area contributed by atoms with Gasteiger partial charge in [0.2, 0.25) is 0 Å². The lowest BCUT2D eigenvalue weighted by Crippen LogP contribution is -2.13. The molecule has 0 saturated heterocycles. The van der Waals surface area contributed by atoms with Crippen molar-refractivity contribution in [3.63, 3.8) is 0 Å². The number of rotatable bonds is 9. The molecule has 1 atom stereocenters. The van der Waals surface area contributed by atoms with Gasteiger partial charge in [0.1, 0.15) is 12.5 Å². The maximum absolute atomic E-state index is 11.1. The van der Waals surface area contributed by atoms with E-state index in [1.54, 1.807) is 24.3 Å². The molecular formula is C37H38O16. The van der Waals surface area contributed by atoms with E-state index in [4.69, 9.17) is 50.7 Å². The molecule has 5 rings (SSSR count). The number of carbonyl (C=O) groups excluding carboxylic acids is 1. The van der Waals surface area contributed by atoms with Gasteiger partial charge in [-0.2, -0.15) is 0 Å². The van der Waals surface area contributed by atoms with Gasteiger partial charge >= 0.3 is 23.9 Å². The van der Waals surface area contributed by atoms with Crippen molar-refractivity contribution in [1.82, 2.24) is 0 Å². The molecule has 0 spiro atoms. The van der Waals surface area contributed by atoms with E-state index in [1.165, 1.54) is 61.7 Å². The molecule has 1 aliphatic rings. The van der Waals surface area contributed by atoms with Gasteiger partial charge < -0.3 is 60.5 Å². The van der Waals surface area contributed by atoms with Crippen LogP contribution in [0.4, 0.5) is 0 Å². The highest BCUT2D eigenvalue weighted by Gasteiger charge is 2.34. The second-order valence-corrected chi connectivity index (χ2v) is 10.9. The predicted octanol–water partition coefficient (Wildman–Crippen LogP) is 4.47. The number of aryl methyl sites for hydroxylation is 2. The lowest BCUT2D eigenvalue weighted by molar-refractivity contribution is -0.141. The van der Waals surface area contributed by atoms with E-state index in [1.807, 2.05) is 0 Å². The second kappa shape index (κ2) is 20.5. The van der Waals surface area contributed by atoms with E-state index < -0.39 is 23.8 Å². The first kappa shape index (κ1) is 42.1. The largest absolute Gasteiger partial charge is 0.504 e. The number of hydrogen-bond donors (Lipinski definition) is 10. The third-order valence-corrected chi connectivity index (χ3v) is 7.09. The fourth-order valence-corrected chi connectivity index (χ4v) is 4.38. The van der Waals surface area contributed by atoms with Crippen LogP contribution in [0.2, 0.25) is 0 Å². The third-order valence-electron chi connectivity index (χ3n) is 7.09. The summed E-state index contributed by atoms with van der Waals surface area (Å²) in [6, 6.07) is 17.7. The highest BCUT2D eigenvalue weighted by molar-refractivity contribution is 5.88. The first-order valence-corrected chi connectivity index (χ1v) is 15.4. The van der Waals surface area contributed by atoms with Crippen LogP contribution < -0.4 is 4.74 Å². The smallest absolute Gasteiger partial charge is 0.328 e. The number of hydrogen-bond acceptors (Lipinski definition) is 13. The normalized spacial score (nSPS) is 12.3. The van der Waals surface area contributed by atoms with E-state index >= 15 is 0 Å². The van der Waals surface area contributed by atoms with Crippen molar-refractivity contribution in [3.05, 3.63) is 101 Å². The SMILES string of the molecule is COC(=O)CCc1ccc(O)c(O)c1.O=C(O)/C=C/c1ccc(O)c2c1C(C(=O)O)CO2.O=C(O)CCc1ccc(O)c(O)c1.Oc1ccccc1O. The van der Waals surface area contributed by atoms with Crippen LogP contribution in [0.15, 0.2) is 78.9 Å². The summed E-state index contributed by atoms with van der Waals surface area (Å²) >= 11 is 0. The second-order valence-electron chi connectivity index (χ2n) is 10.9. The molecule has 0 amide bonds. The van der Waals surface area contributed by atoms with Gasteiger partial charge in [0.15, 0.2) is 46.0 Å². The molecule has 16 heteroatoms. The Labute approximate surface area is 301 Å². The van der Waals surface area contributed by atoms with Crippen LogP contribution in [-0.2, 0) is 36.8 Å². The molecule has 1 unspecified atom stereocenters. The number of methoxy groups -OCH3 is 1. The van der Waals surface area contributed by atoms with Gasteiger partial charge in [-0.1, -0.05) is 30.3 Å². The molecule has 1 aliphatic heterocycles. The molecule has 0 bridgehead atoms. The zero-order valence-electron chi connectivity index (χ0n) is 28.1. The Kier molecular flexibility index (Phi) is 16.3. The van der Waals surface area contributed by atoms with E-state index in [0.717, 1.165) is 11.6 Å². The van der Waals surface area contributed by atoms with Gasteiger partial charge in [-0.05, 0) is 78.1 Å². The summed E-state index contributed by atoms with van der Waals surface area (Å²) in [5.41, 5.74) is 2.19.